The van der Waals surface area contributed by atoms with Gasteiger partial charge in [-0.1, -0.05) is 47.5 Å². The molecule has 2 fully saturated rings. The summed E-state index contributed by atoms with van der Waals surface area (Å²) in [7, 11) is 0. The Morgan fingerprint density at radius 3 is 2.78 bits per heavy atom. The number of rotatable bonds is 1. The summed E-state index contributed by atoms with van der Waals surface area (Å²) in [6, 6.07) is 14.2. The Morgan fingerprint density at radius 2 is 1.94 bits per heavy atom. The number of ketones is 1. The van der Waals surface area contributed by atoms with Crippen LogP contribution in [-0.4, -0.2) is 28.8 Å². The second kappa shape index (κ2) is 7.48. The van der Waals surface area contributed by atoms with Crippen molar-refractivity contribution in [1.82, 2.24) is 9.88 Å². The van der Waals surface area contributed by atoms with Gasteiger partial charge in [-0.25, -0.2) is 0 Å². The smallest absolute Gasteiger partial charge is 0.159 e. The summed E-state index contributed by atoms with van der Waals surface area (Å²) in [4.78, 5) is 19.5. The molecule has 3 aromatic rings. The Hall–Kier alpha value is -2.07. The number of fused-ring (bicyclic) bond motifs is 6. The van der Waals surface area contributed by atoms with Crippen LogP contribution in [0, 0.1) is 11.8 Å². The number of allylic oxidation sites excluding steroid dienone is 1. The third kappa shape index (κ3) is 3.17. The summed E-state index contributed by atoms with van der Waals surface area (Å²) in [5, 5.41) is 2.42. The van der Waals surface area contributed by atoms with E-state index in [-0.39, 0.29) is 11.3 Å². The zero-order valence-corrected chi connectivity index (χ0v) is 19.6. The molecule has 2 aromatic carbocycles. The van der Waals surface area contributed by atoms with E-state index in [2.05, 4.69) is 41.1 Å². The zero-order chi connectivity index (χ0) is 22.0. The summed E-state index contributed by atoms with van der Waals surface area (Å²) in [5.74, 6) is 1.22. The molecule has 1 aromatic heterocycles. The van der Waals surface area contributed by atoms with E-state index in [4.69, 9.17) is 23.2 Å². The van der Waals surface area contributed by atoms with Gasteiger partial charge in [0.1, 0.15) is 0 Å². The number of hydrogen-bond donors (Lipinski definition) is 1. The molecule has 6 rings (SSSR count). The second-order valence-electron chi connectivity index (χ2n) is 9.89. The maximum atomic E-state index is 13.1. The van der Waals surface area contributed by atoms with Gasteiger partial charge in [0.25, 0.3) is 0 Å². The molecule has 32 heavy (non-hydrogen) atoms. The lowest BCUT2D eigenvalue weighted by Gasteiger charge is -2.54. The Kier molecular flexibility index (Phi) is 4.80. The van der Waals surface area contributed by atoms with Gasteiger partial charge >= 0.3 is 0 Å². The van der Waals surface area contributed by atoms with Crippen LogP contribution in [0.2, 0.25) is 10.0 Å². The molecule has 3 nitrogen and oxygen atoms in total. The summed E-state index contributed by atoms with van der Waals surface area (Å²) in [5.41, 5.74) is 5.92. The number of nitrogens with zero attached hydrogens (tertiary/aromatic N) is 1. The lowest BCUT2D eigenvalue weighted by molar-refractivity contribution is -0.121. The summed E-state index contributed by atoms with van der Waals surface area (Å²) in [6.07, 6.45) is 5.60. The quantitative estimate of drug-likeness (QED) is 0.410. The van der Waals surface area contributed by atoms with Crippen LogP contribution < -0.4 is 0 Å². The Labute approximate surface area is 198 Å². The number of piperidine rings is 1. The highest BCUT2D eigenvalue weighted by atomic mass is 35.5. The van der Waals surface area contributed by atoms with Crippen LogP contribution in [0.4, 0.5) is 0 Å². The normalized spacial score (nSPS) is 29.1. The SMILES string of the molecule is C[C@@]12CC3CC(=O)C(=Cc4ccc(Cl)c(Cl)c4)CC3CN1CCc1c2[nH]c2ccccc12. The lowest BCUT2D eigenvalue weighted by Crippen LogP contribution is -2.57. The molecule has 0 radical (unpaired) electrons. The van der Waals surface area contributed by atoms with Gasteiger partial charge in [0.2, 0.25) is 0 Å². The van der Waals surface area contributed by atoms with Crippen molar-refractivity contribution in [3.63, 3.8) is 0 Å². The van der Waals surface area contributed by atoms with E-state index >= 15 is 0 Å². The van der Waals surface area contributed by atoms with Gasteiger partial charge in [-0.3, -0.25) is 9.69 Å². The number of Topliss-reactive ketones (excluding diaryl/α,β-unsaturated/α-hetero) is 1. The minimum absolute atomic E-state index is 0.0288. The van der Waals surface area contributed by atoms with Crippen LogP contribution in [-0.2, 0) is 16.8 Å². The molecule has 2 unspecified atom stereocenters. The van der Waals surface area contributed by atoms with Crippen LogP contribution in [0.5, 0.6) is 0 Å². The van der Waals surface area contributed by atoms with Gasteiger partial charge in [0.05, 0.1) is 15.6 Å². The fourth-order valence-electron chi connectivity index (χ4n) is 6.38. The van der Waals surface area contributed by atoms with E-state index in [1.165, 1.54) is 22.2 Å². The average molecular weight is 465 g/mol. The van der Waals surface area contributed by atoms with Gasteiger partial charge in [-0.05, 0) is 79.0 Å². The van der Waals surface area contributed by atoms with E-state index in [0.717, 1.165) is 43.5 Å². The number of aromatic nitrogens is 1. The highest BCUT2D eigenvalue weighted by Gasteiger charge is 2.49. The number of hydrogen-bond acceptors (Lipinski definition) is 2. The first kappa shape index (κ1) is 20.5. The third-order valence-corrected chi connectivity index (χ3v) is 8.77. The fraction of sp³-hybridized carbons (Fsp3) is 0.370. The molecule has 3 heterocycles. The molecular weight excluding hydrogens is 439 g/mol. The molecule has 5 heteroatoms. The van der Waals surface area contributed by atoms with Crippen molar-refractivity contribution in [3.8, 4) is 0 Å². The number of nitrogens with one attached hydrogen (secondary N) is 1. The van der Waals surface area contributed by atoms with Crippen LogP contribution in [0.15, 0.2) is 48.0 Å². The summed E-state index contributed by atoms with van der Waals surface area (Å²) in [6.45, 7) is 4.50. The Balaban J connectivity index is 1.30. The minimum Gasteiger partial charge on any atom is -0.357 e. The van der Waals surface area contributed by atoms with Crippen LogP contribution in [0.25, 0.3) is 17.0 Å². The summed E-state index contributed by atoms with van der Waals surface area (Å²) >= 11 is 12.2. The predicted octanol–water partition coefficient (Wildman–Crippen LogP) is 6.63. The van der Waals surface area contributed by atoms with Gasteiger partial charge in [-0.2, -0.15) is 0 Å². The topological polar surface area (TPSA) is 36.1 Å². The minimum atomic E-state index is -0.0288. The van der Waals surface area contributed by atoms with Crippen molar-refractivity contribution in [1.29, 1.82) is 0 Å². The highest BCUT2D eigenvalue weighted by Crippen LogP contribution is 2.50. The van der Waals surface area contributed by atoms with Crippen molar-refractivity contribution in [2.75, 3.05) is 13.1 Å². The van der Waals surface area contributed by atoms with E-state index in [1.54, 1.807) is 6.07 Å². The zero-order valence-electron chi connectivity index (χ0n) is 18.1. The summed E-state index contributed by atoms with van der Waals surface area (Å²) < 4.78 is 0. The van der Waals surface area contributed by atoms with E-state index in [0.29, 0.717) is 28.3 Å². The Morgan fingerprint density at radius 1 is 1.09 bits per heavy atom. The molecule has 0 bridgehead atoms. The lowest BCUT2D eigenvalue weighted by atomic mass is 9.65. The predicted molar refractivity (Wildman–Crippen MR) is 131 cm³/mol. The molecule has 3 atom stereocenters. The molecule has 0 amide bonds. The number of aromatic amines is 1. The number of carbonyl (C=O) groups is 1. The molecule has 1 saturated carbocycles. The van der Waals surface area contributed by atoms with Gasteiger partial charge in [-0.15, -0.1) is 0 Å². The molecule has 0 spiro atoms. The van der Waals surface area contributed by atoms with Gasteiger partial charge in [0, 0.05) is 36.1 Å². The van der Waals surface area contributed by atoms with Crippen molar-refractivity contribution in [3.05, 3.63) is 74.9 Å². The maximum absolute atomic E-state index is 13.1. The molecule has 3 aliphatic rings. The van der Waals surface area contributed by atoms with Crippen molar-refractivity contribution < 1.29 is 4.79 Å². The van der Waals surface area contributed by atoms with Gasteiger partial charge < -0.3 is 4.98 Å². The molecular formula is C27H26Cl2N2O. The highest BCUT2D eigenvalue weighted by molar-refractivity contribution is 6.42. The first-order valence-corrected chi connectivity index (χ1v) is 12.2. The van der Waals surface area contributed by atoms with Gasteiger partial charge in [0.15, 0.2) is 5.78 Å². The molecule has 1 N–H and O–H groups in total. The first-order chi connectivity index (χ1) is 15.4. The van der Waals surface area contributed by atoms with E-state index in [1.807, 2.05) is 18.2 Å². The van der Waals surface area contributed by atoms with Crippen molar-refractivity contribution in [2.24, 2.45) is 11.8 Å². The average Bonchev–Trinajstić information content (AvgIpc) is 3.16. The number of para-hydroxylation sites is 1. The number of H-pyrrole nitrogens is 1. The number of carbonyl (C=O) groups excluding carboxylic acids is 1. The fourth-order valence-corrected chi connectivity index (χ4v) is 6.69. The van der Waals surface area contributed by atoms with Crippen molar-refractivity contribution in [2.45, 2.75) is 38.1 Å². The van der Waals surface area contributed by atoms with Crippen LogP contribution in [0.3, 0.4) is 0 Å². The van der Waals surface area contributed by atoms with Crippen LogP contribution >= 0.6 is 23.2 Å². The molecule has 164 valence electrons. The monoisotopic (exact) mass is 464 g/mol. The first-order valence-electron chi connectivity index (χ1n) is 11.5. The van der Waals surface area contributed by atoms with E-state index < -0.39 is 0 Å². The number of benzene rings is 2. The molecule has 1 aliphatic carbocycles. The van der Waals surface area contributed by atoms with Crippen molar-refractivity contribution >= 4 is 46.0 Å². The molecule has 2 aliphatic heterocycles. The maximum Gasteiger partial charge on any atom is 0.159 e. The third-order valence-electron chi connectivity index (χ3n) is 8.04. The number of halogens is 2. The second-order valence-corrected chi connectivity index (χ2v) is 10.7. The standard InChI is InChI=1S/C27H26Cl2N2O/c1-27-14-18-13-25(32)17(10-16-6-7-22(28)23(29)11-16)12-19(18)15-31(27)9-8-21-20-4-2-3-5-24(20)30-26(21)27/h2-7,10-11,18-19,30H,8-9,12-15H2,1H3/t18?,19?,27-/m0/s1. The molecule has 1 saturated heterocycles. The Bertz CT molecular complexity index is 1280. The van der Waals surface area contributed by atoms with Crippen LogP contribution in [0.1, 0.15) is 43.0 Å². The largest absolute Gasteiger partial charge is 0.357 e. The van der Waals surface area contributed by atoms with E-state index in [9.17, 15) is 4.79 Å².